The number of carbonyl (C=O) groups excluding carboxylic acids is 1. The van der Waals surface area contributed by atoms with Gasteiger partial charge in [-0.2, -0.15) is 5.10 Å². The maximum Gasteiger partial charge on any atom is 0.277 e. The van der Waals surface area contributed by atoms with E-state index in [0.717, 1.165) is 0 Å². The molecule has 2 aromatic heterocycles. The zero-order chi connectivity index (χ0) is 18.7. The van der Waals surface area contributed by atoms with Gasteiger partial charge in [0, 0.05) is 35.1 Å². The fourth-order valence-corrected chi connectivity index (χ4v) is 2.89. The van der Waals surface area contributed by atoms with Crippen molar-refractivity contribution < 1.29 is 4.79 Å². The van der Waals surface area contributed by atoms with Crippen LogP contribution in [0.5, 0.6) is 0 Å². The van der Waals surface area contributed by atoms with Crippen LogP contribution in [0.2, 0.25) is 10.0 Å². The molecule has 3 aromatic rings. The molecule has 0 aliphatic carbocycles. The van der Waals surface area contributed by atoms with Gasteiger partial charge in [0.25, 0.3) is 11.5 Å². The Kier molecular flexibility index (Phi) is 5.20. The summed E-state index contributed by atoms with van der Waals surface area (Å²) in [6, 6.07) is 7.47. The van der Waals surface area contributed by atoms with Gasteiger partial charge in [0.15, 0.2) is 5.43 Å². The molecule has 7 nitrogen and oxygen atoms in total. The highest BCUT2D eigenvalue weighted by atomic mass is 35.5. The first kappa shape index (κ1) is 17.9. The van der Waals surface area contributed by atoms with Gasteiger partial charge >= 0.3 is 0 Å². The topological polar surface area (TPSA) is 108 Å². The van der Waals surface area contributed by atoms with Gasteiger partial charge in [0.1, 0.15) is 5.56 Å². The van der Waals surface area contributed by atoms with Crippen LogP contribution in [-0.2, 0) is 6.54 Å². The summed E-state index contributed by atoms with van der Waals surface area (Å²) in [5.74, 6) is -0.613. The molecule has 1 amide bonds. The molecule has 3 rings (SSSR count). The average Bonchev–Trinajstić information content (AvgIpc) is 2.60. The first-order valence-electron chi connectivity index (χ1n) is 7.44. The molecule has 2 heterocycles. The van der Waals surface area contributed by atoms with Gasteiger partial charge in [0.05, 0.1) is 11.3 Å². The van der Waals surface area contributed by atoms with Crippen LogP contribution in [0, 0.1) is 0 Å². The van der Waals surface area contributed by atoms with Crippen molar-refractivity contribution >= 4 is 29.1 Å². The number of hydrogen-bond acceptors (Lipinski definition) is 4. The van der Waals surface area contributed by atoms with Crippen molar-refractivity contribution in [1.29, 1.82) is 0 Å². The van der Waals surface area contributed by atoms with Crippen molar-refractivity contribution in [3.05, 3.63) is 84.5 Å². The van der Waals surface area contributed by atoms with Crippen molar-refractivity contribution in [2.75, 3.05) is 0 Å². The standard InChI is InChI=1S/C17H12Cl2N4O3/c18-10-3-9(4-11(19)5-10)7-21-16(25)12-6-14(22-23-17(12)26)13-8-20-2-1-15(13)24/h1-6,8H,7H2,(H,20,24)(H,21,25)(H,23,26). The molecule has 0 bridgehead atoms. The zero-order valence-corrected chi connectivity index (χ0v) is 14.7. The number of carbonyl (C=O) groups is 1. The summed E-state index contributed by atoms with van der Waals surface area (Å²) in [7, 11) is 0. The van der Waals surface area contributed by atoms with Gasteiger partial charge in [-0.15, -0.1) is 0 Å². The van der Waals surface area contributed by atoms with E-state index in [1.165, 1.54) is 24.5 Å². The summed E-state index contributed by atoms with van der Waals surface area (Å²) in [5.41, 5.74) is -0.0137. The number of halogens is 2. The minimum Gasteiger partial charge on any atom is -0.367 e. The van der Waals surface area contributed by atoms with Crippen LogP contribution in [0.25, 0.3) is 11.3 Å². The van der Waals surface area contributed by atoms with Crippen LogP contribution in [0.3, 0.4) is 0 Å². The first-order chi connectivity index (χ1) is 12.4. The Morgan fingerprint density at radius 3 is 2.54 bits per heavy atom. The van der Waals surface area contributed by atoms with Gasteiger partial charge in [0.2, 0.25) is 0 Å². The number of aromatic nitrogens is 3. The van der Waals surface area contributed by atoms with E-state index in [1.807, 2.05) is 0 Å². The molecule has 0 saturated heterocycles. The molecule has 0 unspecified atom stereocenters. The van der Waals surface area contributed by atoms with Crippen LogP contribution in [0.1, 0.15) is 15.9 Å². The van der Waals surface area contributed by atoms with E-state index in [1.54, 1.807) is 18.2 Å². The molecular weight excluding hydrogens is 379 g/mol. The molecule has 0 aliphatic rings. The van der Waals surface area contributed by atoms with Crippen molar-refractivity contribution in [2.24, 2.45) is 0 Å². The van der Waals surface area contributed by atoms with Gasteiger partial charge in [-0.3, -0.25) is 14.4 Å². The van der Waals surface area contributed by atoms with Gasteiger partial charge < -0.3 is 10.3 Å². The van der Waals surface area contributed by atoms with Gasteiger partial charge in [-0.25, -0.2) is 5.10 Å². The lowest BCUT2D eigenvalue weighted by Crippen LogP contribution is -2.30. The normalized spacial score (nSPS) is 10.5. The van der Waals surface area contributed by atoms with E-state index in [4.69, 9.17) is 23.2 Å². The Morgan fingerprint density at radius 2 is 1.85 bits per heavy atom. The van der Waals surface area contributed by atoms with Gasteiger partial charge in [-0.05, 0) is 29.8 Å². The average molecular weight is 391 g/mol. The number of nitrogens with zero attached hydrogens (tertiary/aromatic N) is 1. The fraction of sp³-hybridized carbons (Fsp3) is 0.0588. The summed E-state index contributed by atoms with van der Waals surface area (Å²) in [4.78, 5) is 39.0. The molecule has 132 valence electrons. The third-order valence-electron chi connectivity index (χ3n) is 3.52. The van der Waals surface area contributed by atoms with E-state index in [9.17, 15) is 14.4 Å². The molecule has 1 aromatic carbocycles. The number of amides is 1. The lowest BCUT2D eigenvalue weighted by atomic mass is 10.1. The second-order valence-electron chi connectivity index (χ2n) is 5.38. The third kappa shape index (κ3) is 4.01. The minimum atomic E-state index is -0.664. The molecule has 9 heteroatoms. The summed E-state index contributed by atoms with van der Waals surface area (Å²) in [6.45, 7) is 0.127. The molecule has 26 heavy (non-hydrogen) atoms. The molecule has 0 fully saturated rings. The van der Waals surface area contributed by atoms with Crippen molar-refractivity contribution in [2.45, 2.75) is 6.54 Å². The third-order valence-corrected chi connectivity index (χ3v) is 3.96. The predicted molar refractivity (Wildman–Crippen MR) is 98.5 cm³/mol. The van der Waals surface area contributed by atoms with Crippen LogP contribution < -0.4 is 16.3 Å². The number of nitrogens with one attached hydrogen (secondary N) is 3. The number of aromatic amines is 2. The summed E-state index contributed by atoms with van der Waals surface area (Å²) in [6.07, 6.45) is 2.92. The molecule has 0 saturated carbocycles. The van der Waals surface area contributed by atoms with Crippen LogP contribution >= 0.6 is 23.2 Å². The number of H-pyrrole nitrogens is 2. The molecule has 0 aliphatic heterocycles. The van der Waals surface area contributed by atoms with E-state index in [0.29, 0.717) is 15.6 Å². The highest BCUT2D eigenvalue weighted by Gasteiger charge is 2.14. The second kappa shape index (κ2) is 7.55. The summed E-state index contributed by atoms with van der Waals surface area (Å²) in [5, 5.41) is 9.54. The summed E-state index contributed by atoms with van der Waals surface area (Å²) < 4.78 is 0. The second-order valence-corrected chi connectivity index (χ2v) is 6.25. The number of benzene rings is 1. The summed E-state index contributed by atoms with van der Waals surface area (Å²) >= 11 is 11.8. The van der Waals surface area contributed by atoms with E-state index in [-0.39, 0.29) is 28.8 Å². The van der Waals surface area contributed by atoms with Crippen molar-refractivity contribution in [1.82, 2.24) is 20.5 Å². The van der Waals surface area contributed by atoms with Crippen molar-refractivity contribution in [3.63, 3.8) is 0 Å². The van der Waals surface area contributed by atoms with Crippen LogP contribution in [-0.4, -0.2) is 21.1 Å². The Labute approximate surface area is 157 Å². The Balaban J connectivity index is 1.85. The van der Waals surface area contributed by atoms with E-state index < -0.39 is 11.5 Å². The zero-order valence-electron chi connectivity index (χ0n) is 13.2. The van der Waals surface area contributed by atoms with Crippen LogP contribution in [0.4, 0.5) is 0 Å². The lowest BCUT2D eigenvalue weighted by molar-refractivity contribution is 0.0949. The molecular formula is C17H12Cl2N4O3. The largest absolute Gasteiger partial charge is 0.367 e. The monoisotopic (exact) mass is 390 g/mol. The highest BCUT2D eigenvalue weighted by Crippen LogP contribution is 2.19. The van der Waals surface area contributed by atoms with E-state index >= 15 is 0 Å². The molecule has 0 atom stereocenters. The molecule has 3 N–H and O–H groups in total. The first-order valence-corrected chi connectivity index (χ1v) is 8.20. The van der Waals surface area contributed by atoms with E-state index in [2.05, 4.69) is 20.5 Å². The highest BCUT2D eigenvalue weighted by molar-refractivity contribution is 6.34. The Bertz CT molecular complexity index is 1070. The minimum absolute atomic E-state index is 0.127. The molecule has 0 radical (unpaired) electrons. The Hall–Kier alpha value is -2.90. The fourth-order valence-electron chi connectivity index (χ4n) is 2.32. The van der Waals surface area contributed by atoms with Crippen molar-refractivity contribution in [3.8, 4) is 11.3 Å². The number of hydrogen-bond donors (Lipinski definition) is 3. The predicted octanol–water partition coefficient (Wildman–Crippen LogP) is 2.36. The number of pyridine rings is 1. The smallest absolute Gasteiger partial charge is 0.277 e. The van der Waals surface area contributed by atoms with Gasteiger partial charge in [-0.1, -0.05) is 23.2 Å². The number of rotatable bonds is 4. The SMILES string of the molecule is O=C(NCc1cc(Cl)cc(Cl)c1)c1cc(-c2c[nH]ccc2=O)n[nH]c1=O. The van der Waals surface area contributed by atoms with Crippen LogP contribution in [0.15, 0.2) is 52.3 Å². The quantitative estimate of drug-likeness (QED) is 0.635. The maximum atomic E-state index is 12.4. The Morgan fingerprint density at radius 1 is 1.12 bits per heavy atom. The maximum absolute atomic E-state index is 12.4. The lowest BCUT2D eigenvalue weighted by Gasteiger charge is -2.07. The molecule has 0 spiro atoms.